The van der Waals surface area contributed by atoms with Gasteiger partial charge in [0.1, 0.15) is 0 Å². The van der Waals surface area contributed by atoms with E-state index < -0.39 is 5.97 Å². The highest BCUT2D eigenvalue weighted by atomic mass is 16.5. The molecule has 1 aliphatic rings. The van der Waals surface area contributed by atoms with Crippen LogP contribution < -0.4 is 0 Å². The quantitative estimate of drug-likeness (QED) is 0.903. The third-order valence-corrected chi connectivity index (χ3v) is 3.43. The van der Waals surface area contributed by atoms with Crippen molar-refractivity contribution < 1.29 is 14.6 Å². The highest BCUT2D eigenvalue weighted by Gasteiger charge is 2.17. The fourth-order valence-electron chi connectivity index (χ4n) is 2.35. The molecule has 6 heteroatoms. The predicted molar refractivity (Wildman–Crippen MR) is 67.2 cm³/mol. The van der Waals surface area contributed by atoms with Crippen LogP contribution in [0.5, 0.6) is 0 Å². The average Bonchev–Trinajstić information content (AvgIpc) is 2.80. The Hall–Kier alpha value is -1.95. The number of nitrogens with zero attached hydrogens (tertiary/aromatic N) is 3. The summed E-state index contributed by atoms with van der Waals surface area (Å²) in [6, 6.07) is 3.23. The molecular weight excluding hydrogens is 246 g/mol. The maximum atomic E-state index is 10.9. The van der Waals surface area contributed by atoms with Crippen molar-refractivity contribution >= 4 is 11.6 Å². The van der Waals surface area contributed by atoms with Crippen LogP contribution in [0.25, 0.3) is 5.65 Å². The van der Waals surface area contributed by atoms with Gasteiger partial charge >= 0.3 is 5.97 Å². The van der Waals surface area contributed by atoms with Gasteiger partial charge in [0, 0.05) is 25.8 Å². The number of carboxylic acids is 1. The van der Waals surface area contributed by atoms with E-state index in [-0.39, 0.29) is 5.56 Å². The summed E-state index contributed by atoms with van der Waals surface area (Å²) in [5.41, 5.74) is 0.905. The molecule has 1 fully saturated rings. The zero-order valence-electron chi connectivity index (χ0n) is 10.5. The minimum absolute atomic E-state index is 0.218. The van der Waals surface area contributed by atoms with Crippen molar-refractivity contribution in [3.8, 4) is 0 Å². The monoisotopic (exact) mass is 261 g/mol. The van der Waals surface area contributed by atoms with Gasteiger partial charge in [-0.2, -0.15) is 5.10 Å². The van der Waals surface area contributed by atoms with Crippen molar-refractivity contribution in [2.24, 2.45) is 5.92 Å². The molecule has 2 aromatic rings. The minimum atomic E-state index is -0.955. The van der Waals surface area contributed by atoms with Crippen LogP contribution in [-0.2, 0) is 11.2 Å². The van der Waals surface area contributed by atoms with Crippen molar-refractivity contribution in [3.63, 3.8) is 0 Å². The molecule has 2 aromatic heterocycles. The summed E-state index contributed by atoms with van der Waals surface area (Å²) in [4.78, 5) is 15.3. The molecule has 0 aliphatic carbocycles. The highest BCUT2D eigenvalue weighted by Crippen LogP contribution is 2.18. The second kappa shape index (κ2) is 4.97. The molecule has 0 bridgehead atoms. The number of hydrogen-bond acceptors (Lipinski definition) is 4. The van der Waals surface area contributed by atoms with E-state index >= 15 is 0 Å². The number of carbonyl (C=O) groups is 1. The van der Waals surface area contributed by atoms with Crippen LogP contribution >= 0.6 is 0 Å². The largest absolute Gasteiger partial charge is 0.478 e. The Morgan fingerprint density at radius 1 is 1.42 bits per heavy atom. The number of hydrogen-bond donors (Lipinski definition) is 1. The minimum Gasteiger partial charge on any atom is -0.478 e. The van der Waals surface area contributed by atoms with E-state index in [4.69, 9.17) is 9.84 Å². The molecule has 1 N–H and O–H groups in total. The van der Waals surface area contributed by atoms with Crippen LogP contribution in [0, 0.1) is 5.92 Å². The third-order valence-electron chi connectivity index (χ3n) is 3.43. The second-order valence-corrected chi connectivity index (χ2v) is 4.81. The number of rotatable bonds is 3. The number of aromatic carboxylic acids is 1. The normalized spacial score (nSPS) is 16.8. The fourth-order valence-corrected chi connectivity index (χ4v) is 2.35. The van der Waals surface area contributed by atoms with Crippen molar-refractivity contribution in [1.29, 1.82) is 0 Å². The lowest BCUT2D eigenvalue weighted by atomic mass is 9.96. The SMILES string of the molecule is O=C(O)c1ccc2nc(CC3CCOCC3)nn2c1. The second-order valence-electron chi connectivity index (χ2n) is 4.81. The van der Waals surface area contributed by atoms with Gasteiger partial charge in [-0.05, 0) is 30.9 Å². The van der Waals surface area contributed by atoms with Crippen LogP contribution in [0.4, 0.5) is 0 Å². The van der Waals surface area contributed by atoms with Gasteiger partial charge in [-0.25, -0.2) is 14.3 Å². The van der Waals surface area contributed by atoms with Crippen molar-refractivity contribution in [2.45, 2.75) is 19.3 Å². The Kier molecular flexibility index (Phi) is 3.16. The zero-order chi connectivity index (χ0) is 13.2. The van der Waals surface area contributed by atoms with E-state index in [1.807, 2.05) is 0 Å². The van der Waals surface area contributed by atoms with E-state index in [2.05, 4.69) is 10.1 Å². The molecule has 0 saturated carbocycles. The molecule has 0 radical (unpaired) electrons. The molecule has 0 unspecified atom stereocenters. The first-order valence-electron chi connectivity index (χ1n) is 6.39. The van der Waals surface area contributed by atoms with Gasteiger partial charge in [-0.15, -0.1) is 0 Å². The van der Waals surface area contributed by atoms with Gasteiger partial charge in [0.2, 0.25) is 0 Å². The molecule has 3 heterocycles. The molecular formula is C13H15N3O3. The molecule has 19 heavy (non-hydrogen) atoms. The molecule has 0 spiro atoms. The molecule has 0 atom stereocenters. The Morgan fingerprint density at radius 3 is 2.95 bits per heavy atom. The van der Waals surface area contributed by atoms with Crippen molar-refractivity contribution in [2.75, 3.05) is 13.2 Å². The number of fused-ring (bicyclic) bond motifs is 1. The van der Waals surface area contributed by atoms with Crippen LogP contribution in [0.1, 0.15) is 29.0 Å². The Bertz CT molecular complexity index is 602. The summed E-state index contributed by atoms with van der Waals surface area (Å²) in [5, 5.41) is 13.3. The van der Waals surface area contributed by atoms with Gasteiger partial charge in [-0.1, -0.05) is 0 Å². The van der Waals surface area contributed by atoms with E-state index in [9.17, 15) is 4.79 Å². The lowest BCUT2D eigenvalue weighted by molar-refractivity contribution is 0.0659. The first kappa shape index (κ1) is 12.1. The number of pyridine rings is 1. The first-order valence-corrected chi connectivity index (χ1v) is 6.39. The Balaban J connectivity index is 1.82. The molecule has 3 rings (SSSR count). The van der Waals surface area contributed by atoms with Crippen LogP contribution in [0.15, 0.2) is 18.3 Å². The zero-order valence-corrected chi connectivity index (χ0v) is 10.5. The first-order chi connectivity index (χ1) is 9.22. The summed E-state index contributed by atoms with van der Waals surface area (Å²) in [6.45, 7) is 1.61. The Morgan fingerprint density at radius 2 is 2.21 bits per heavy atom. The summed E-state index contributed by atoms with van der Waals surface area (Å²) in [6.07, 6.45) is 4.40. The predicted octanol–water partition coefficient (Wildman–Crippen LogP) is 1.40. The number of ether oxygens (including phenoxy) is 1. The summed E-state index contributed by atoms with van der Waals surface area (Å²) in [7, 11) is 0. The van der Waals surface area contributed by atoms with Gasteiger partial charge in [0.25, 0.3) is 0 Å². The topological polar surface area (TPSA) is 76.7 Å². The smallest absolute Gasteiger partial charge is 0.337 e. The highest BCUT2D eigenvalue weighted by molar-refractivity contribution is 5.87. The lowest BCUT2D eigenvalue weighted by Gasteiger charge is -2.20. The molecule has 1 saturated heterocycles. The molecule has 1 aliphatic heterocycles. The Labute approximate surface area is 110 Å². The summed E-state index contributed by atoms with van der Waals surface area (Å²) in [5.74, 6) is 0.378. The van der Waals surface area contributed by atoms with E-state index in [0.717, 1.165) is 38.3 Å². The standard InChI is InChI=1S/C13H15N3O3/c17-13(18)10-1-2-12-14-11(15-16(12)8-10)7-9-3-5-19-6-4-9/h1-2,8-9H,3-7H2,(H,17,18). The maximum absolute atomic E-state index is 10.9. The summed E-state index contributed by atoms with van der Waals surface area (Å²) >= 11 is 0. The van der Waals surface area contributed by atoms with Gasteiger partial charge in [0.15, 0.2) is 11.5 Å². The van der Waals surface area contributed by atoms with Crippen molar-refractivity contribution in [3.05, 3.63) is 29.7 Å². The number of aromatic nitrogens is 3. The van der Waals surface area contributed by atoms with Crippen molar-refractivity contribution in [1.82, 2.24) is 14.6 Å². The van der Waals surface area contributed by atoms with Gasteiger partial charge in [0.05, 0.1) is 5.56 Å². The summed E-state index contributed by atoms with van der Waals surface area (Å²) < 4.78 is 6.87. The lowest BCUT2D eigenvalue weighted by Crippen LogP contribution is -2.18. The van der Waals surface area contributed by atoms with E-state index in [1.165, 1.54) is 10.7 Å². The number of carboxylic acid groups (broad SMARTS) is 1. The fraction of sp³-hybridized carbons (Fsp3) is 0.462. The van der Waals surface area contributed by atoms with Crippen LogP contribution in [-0.4, -0.2) is 38.9 Å². The third kappa shape index (κ3) is 2.58. The van der Waals surface area contributed by atoms with Crippen LogP contribution in [0.3, 0.4) is 0 Å². The van der Waals surface area contributed by atoms with Gasteiger partial charge in [-0.3, -0.25) is 0 Å². The van der Waals surface area contributed by atoms with Gasteiger partial charge < -0.3 is 9.84 Å². The van der Waals surface area contributed by atoms with E-state index in [0.29, 0.717) is 11.6 Å². The maximum Gasteiger partial charge on any atom is 0.337 e. The molecule has 100 valence electrons. The average molecular weight is 261 g/mol. The molecule has 0 aromatic carbocycles. The molecule has 0 amide bonds. The van der Waals surface area contributed by atoms with Crippen LogP contribution in [0.2, 0.25) is 0 Å². The molecule has 6 nitrogen and oxygen atoms in total. The van der Waals surface area contributed by atoms with E-state index in [1.54, 1.807) is 12.1 Å².